The molecule has 0 saturated carbocycles. The summed E-state index contributed by atoms with van der Waals surface area (Å²) in [4.78, 5) is 12.0. The minimum absolute atomic E-state index is 0.766. The van der Waals surface area contributed by atoms with Crippen LogP contribution in [-0.2, 0) is 13.1 Å². The Balaban J connectivity index is 1.93. The molecule has 0 atom stereocenters. The van der Waals surface area contributed by atoms with Crippen molar-refractivity contribution < 1.29 is 0 Å². The smallest absolute Gasteiger partial charge is 0.193 e. The molecule has 0 bridgehead atoms. The summed E-state index contributed by atoms with van der Waals surface area (Å²) in [5.41, 5.74) is 4.23. The summed E-state index contributed by atoms with van der Waals surface area (Å²) < 4.78 is 0. The van der Waals surface area contributed by atoms with Crippen LogP contribution in [0.3, 0.4) is 0 Å². The highest BCUT2D eigenvalue weighted by atomic mass is 32.1. The molecule has 0 saturated heterocycles. The predicted molar refractivity (Wildman–Crippen MR) is 85.0 cm³/mol. The standard InChI is InChI=1S/C15H20N4S/c1-12-14(20-11-18-12)9-17-15(16-2)19(3)10-13-7-5-4-6-8-13/h4-8,11H,9-10H2,1-3H3,(H,16,17). The number of guanidine groups is 1. The van der Waals surface area contributed by atoms with Crippen molar-refractivity contribution in [3.8, 4) is 0 Å². The first-order valence-corrected chi connectivity index (χ1v) is 7.43. The lowest BCUT2D eigenvalue weighted by Gasteiger charge is -2.22. The number of nitrogens with zero attached hydrogens (tertiary/aromatic N) is 3. The number of nitrogens with one attached hydrogen (secondary N) is 1. The monoisotopic (exact) mass is 288 g/mol. The average Bonchev–Trinajstić information content (AvgIpc) is 2.86. The van der Waals surface area contributed by atoms with E-state index in [4.69, 9.17) is 0 Å². The number of rotatable bonds is 4. The Bertz CT molecular complexity index is 562. The van der Waals surface area contributed by atoms with E-state index >= 15 is 0 Å². The second kappa shape index (κ2) is 7.05. The molecule has 2 aromatic rings. The lowest BCUT2D eigenvalue weighted by atomic mass is 10.2. The highest BCUT2D eigenvalue weighted by Crippen LogP contribution is 2.11. The van der Waals surface area contributed by atoms with Crippen LogP contribution in [0.2, 0.25) is 0 Å². The van der Waals surface area contributed by atoms with Crippen LogP contribution in [0.1, 0.15) is 16.1 Å². The van der Waals surface area contributed by atoms with Gasteiger partial charge in [0.1, 0.15) is 0 Å². The van der Waals surface area contributed by atoms with Gasteiger partial charge in [-0.1, -0.05) is 30.3 Å². The van der Waals surface area contributed by atoms with Gasteiger partial charge in [-0.25, -0.2) is 4.98 Å². The van der Waals surface area contributed by atoms with Gasteiger partial charge in [0.25, 0.3) is 0 Å². The largest absolute Gasteiger partial charge is 0.351 e. The van der Waals surface area contributed by atoms with Gasteiger partial charge in [-0.15, -0.1) is 11.3 Å². The Morgan fingerprint density at radius 3 is 2.70 bits per heavy atom. The van der Waals surface area contributed by atoms with Crippen LogP contribution in [0.4, 0.5) is 0 Å². The summed E-state index contributed by atoms with van der Waals surface area (Å²) in [6.45, 7) is 3.63. The molecule has 1 aromatic carbocycles. The number of hydrogen-bond acceptors (Lipinski definition) is 3. The molecule has 4 nitrogen and oxygen atoms in total. The maximum absolute atomic E-state index is 4.33. The highest BCUT2D eigenvalue weighted by Gasteiger charge is 2.08. The van der Waals surface area contributed by atoms with Gasteiger partial charge >= 0.3 is 0 Å². The van der Waals surface area contributed by atoms with Crippen LogP contribution in [-0.4, -0.2) is 29.9 Å². The van der Waals surface area contributed by atoms with Crippen molar-refractivity contribution >= 4 is 17.3 Å². The maximum Gasteiger partial charge on any atom is 0.193 e. The van der Waals surface area contributed by atoms with Crippen LogP contribution in [0.5, 0.6) is 0 Å². The van der Waals surface area contributed by atoms with Crippen LogP contribution >= 0.6 is 11.3 Å². The van der Waals surface area contributed by atoms with Gasteiger partial charge in [-0.3, -0.25) is 4.99 Å². The van der Waals surface area contributed by atoms with E-state index < -0.39 is 0 Å². The third-order valence-electron chi connectivity index (χ3n) is 3.09. The minimum Gasteiger partial charge on any atom is -0.351 e. The molecule has 0 aliphatic rings. The molecular weight excluding hydrogens is 268 g/mol. The van der Waals surface area contributed by atoms with Crippen molar-refractivity contribution in [2.75, 3.05) is 14.1 Å². The first kappa shape index (κ1) is 14.5. The van der Waals surface area contributed by atoms with E-state index in [0.29, 0.717) is 0 Å². The molecule has 106 valence electrons. The van der Waals surface area contributed by atoms with E-state index in [1.807, 2.05) is 32.6 Å². The zero-order valence-electron chi connectivity index (χ0n) is 12.1. The maximum atomic E-state index is 4.33. The number of aliphatic imine (C=N–C) groups is 1. The molecule has 0 aliphatic carbocycles. The quantitative estimate of drug-likeness (QED) is 0.694. The number of benzene rings is 1. The Hall–Kier alpha value is -1.88. The zero-order chi connectivity index (χ0) is 14.4. The van der Waals surface area contributed by atoms with E-state index in [9.17, 15) is 0 Å². The first-order chi connectivity index (χ1) is 9.70. The molecule has 1 N–H and O–H groups in total. The van der Waals surface area contributed by atoms with Crippen molar-refractivity contribution in [1.29, 1.82) is 0 Å². The Kier molecular flexibility index (Phi) is 5.12. The summed E-state index contributed by atoms with van der Waals surface area (Å²) in [7, 11) is 3.85. The fraction of sp³-hybridized carbons (Fsp3) is 0.333. The molecule has 1 aromatic heterocycles. The Morgan fingerprint density at radius 1 is 1.35 bits per heavy atom. The topological polar surface area (TPSA) is 40.5 Å². The normalized spacial score (nSPS) is 11.4. The van der Waals surface area contributed by atoms with E-state index in [2.05, 4.69) is 44.5 Å². The van der Waals surface area contributed by atoms with E-state index in [1.165, 1.54) is 10.4 Å². The number of thiazole rings is 1. The number of hydrogen-bond donors (Lipinski definition) is 1. The van der Waals surface area contributed by atoms with Gasteiger partial charge < -0.3 is 10.2 Å². The SMILES string of the molecule is CN=C(NCc1scnc1C)N(C)Cc1ccccc1. The second-order valence-electron chi connectivity index (χ2n) is 4.60. The molecule has 1 heterocycles. The second-order valence-corrected chi connectivity index (χ2v) is 5.54. The summed E-state index contributed by atoms with van der Waals surface area (Å²) in [6, 6.07) is 10.4. The van der Waals surface area contributed by atoms with Crippen LogP contribution in [0, 0.1) is 6.92 Å². The van der Waals surface area contributed by atoms with Gasteiger partial charge in [-0.2, -0.15) is 0 Å². The molecule has 2 rings (SSSR count). The predicted octanol–water partition coefficient (Wildman–Crippen LogP) is 2.66. The summed E-state index contributed by atoms with van der Waals surface area (Å²) in [5, 5.41) is 3.38. The molecule has 0 spiro atoms. The van der Waals surface area contributed by atoms with Gasteiger partial charge in [0, 0.05) is 25.5 Å². The third-order valence-corrected chi connectivity index (χ3v) is 4.02. The fourth-order valence-electron chi connectivity index (χ4n) is 1.97. The van der Waals surface area contributed by atoms with Crippen molar-refractivity contribution in [2.24, 2.45) is 4.99 Å². The average molecular weight is 288 g/mol. The first-order valence-electron chi connectivity index (χ1n) is 6.55. The molecule has 0 unspecified atom stereocenters. The molecule has 0 fully saturated rings. The fourth-order valence-corrected chi connectivity index (χ4v) is 2.69. The van der Waals surface area contributed by atoms with Crippen molar-refractivity contribution in [1.82, 2.24) is 15.2 Å². The summed E-state index contributed by atoms with van der Waals surface area (Å²) in [6.07, 6.45) is 0. The van der Waals surface area contributed by atoms with Gasteiger partial charge in [0.15, 0.2) is 5.96 Å². The minimum atomic E-state index is 0.766. The zero-order valence-corrected chi connectivity index (χ0v) is 12.9. The molecular formula is C15H20N4S. The summed E-state index contributed by atoms with van der Waals surface area (Å²) >= 11 is 1.67. The van der Waals surface area contributed by atoms with Crippen LogP contribution in [0.25, 0.3) is 0 Å². The van der Waals surface area contributed by atoms with Gasteiger partial charge in [0.05, 0.1) is 17.7 Å². The molecule has 0 radical (unpaired) electrons. The number of aromatic nitrogens is 1. The number of aryl methyl sites for hydroxylation is 1. The van der Waals surface area contributed by atoms with Crippen LogP contribution in [0.15, 0.2) is 40.8 Å². The highest BCUT2D eigenvalue weighted by molar-refractivity contribution is 7.09. The van der Waals surface area contributed by atoms with E-state index in [1.54, 1.807) is 11.3 Å². The van der Waals surface area contributed by atoms with Gasteiger partial charge in [0.2, 0.25) is 0 Å². The molecule has 5 heteroatoms. The molecule has 0 aliphatic heterocycles. The molecule has 20 heavy (non-hydrogen) atoms. The Labute approximate surface area is 124 Å². The molecule has 0 amide bonds. The lowest BCUT2D eigenvalue weighted by molar-refractivity contribution is 0.477. The van der Waals surface area contributed by atoms with Crippen molar-refractivity contribution in [3.63, 3.8) is 0 Å². The third kappa shape index (κ3) is 3.81. The summed E-state index contributed by atoms with van der Waals surface area (Å²) in [5.74, 6) is 0.890. The van der Waals surface area contributed by atoms with Crippen molar-refractivity contribution in [3.05, 3.63) is 52.0 Å². The van der Waals surface area contributed by atoms with E-state index in [0.717, 1.165) is 24.7 Å². The van der Waals surface area contributed by atoms with Crippen molar-refractivity contribution in [2.45, 2.75) is 20.0 Å². The Morgan fingerprint density at radius 2 is 2.10 bits per heavy atom. The lowest BCUT2D eigenvalue weighted by Crippen LogP contribution is -2.38. The van der Waals surface area contributed by atoms with Gasteiger partial charge in [-0.05, 0) is 12.5 Å². The van der Waals surface area contributed by atoms with E-state index in [-0.39, 0.29) is 0 Å². The van der Waals surface area contributed by atoms with Crippen LogP contribution < -0.4 is 5.32 Å².